The Morgan fingerprint density at radius 2 is 2.10 bits per heavy atom. The van der Waals surface area contributed by atoms with Crippen molar-refractivity contribution >= 4 is 16.9 Å². The van der Waals surface area contributed by atoms with E-state index in [0.29, 0.717) is 18.6 Å². The van der Waals surface area contributed by atoms with Crippen LogP contribution in [0.15, 0.2) is 18.2 Å². The maximum Gasteiger partial charge on any atom is 0.317 e. The Balaban J connectivity index is 1.48. The molecule has 1 aromatic heterocycles. The molecule has 0 spiro atoms. The van der Waals surface area contributed by atoms with Gasteiger partial charge in [0.25, 0.3) is 0 Å². The van der Waals surface area contributed by atoms with Crippen molar-refractivity contribution in [2.45, 2.75) is 64.1 Å². The molecule has 6 nitrogen and oxygen atoms in total. The maximum absolute atomic E-state index is 12.8. The fraction of sp³-hybridized carbons (Fsp3) is 0.640. The normalized spacial score (nSPS) is 25.5. The number of likely N-dealkylation sites (tertiary alicyclic amines) is 1. The molecular formula is C25H36N4O2. The molecular weight excluding hydrogens is 388 g/mol. The van der Waals surface area contributed by atoms with Crippen LogP contribution in [0.1, 0.15) is 55.8 Å². The molecule has 1 aromatic carbocycles. The Morgan fingerprint density at radius 3 is 2.81 bits per heavy atom. The van der Waals surface area contributed by atoms with E-state index < -0.39 is 0 Å². The van der Waals surface area contributed by atoms with E-state index in [1.165, 1.54) is 40.6 Å². The van der Waals surface area contributed by atoms with Gasteiger partial charge in [0.2, 0.25) is 0 Å². The van der Waals surface area contributed by atoms with Gasteiger partial charge >= 0.3 is 6.03 Å². The summed E-state index contributed by atoms with van der Waals surface area (Å²) in [5.41, 5.74) is 5.35. The average Bonchev–Trinajstić information content (AvgIpc) is 3.51. The van der Waals surface area contributed by atoms with Gasteiger partial charge in [-0.2, -0.15) is 0 Å². The van der Waals surface area contributed by atoms with Crippen LogP contribution in [-0.4, -0.2) is 66.2 Å². The zero-order valence-corrected chi connectivity index (χ0v) is 19.1. The SMILES string of the molecule is CCN(CC)C(=O)N[C@H]1CC2c3cccc4[nH]c(COC)c(c34)C[C@H]2N(CC2CC2)C1. The summed E-state index contributed by atoms with van der Waals surface area (Å²) in [6, 6.07) is 7.47. The Hall–Kier alpha value is -2.05. The van der Waals surface area contributed by atoms with E-state index in [1.807, 2.05) is 18.7 Å². The van der Waals surface area contributed by atoms with Gasteiger partial charge in [0.1, 0.15) is 0 Å². The summed E-state index contributed by atoms with van der Waals surface area (Å²) < 4.78 is 5.51. The molecule has 2 amide bonds. The number of benzene rings is 1. The van der Waals surface area contributed by atoms with Crippen LogP contribution in [0.25, 0.3) is 10.9 Å². The van der Waals surface area contributed by atoms with Crippen LogP contribution in [-0.2, 0) is 17.8 Å². The molecule has 0 bridgehead atoms. The summed E-state index contributed by atoms with van der Waals surface area (Å²) in [7, 11) is 1.77. The average molecular weight is 425 g/mol. The summed E-state index contributed by atoms with van der Waals surface area (Å²) in [6.45, 7) is 8.35. The van der Waals surface area contributed by atoms with Gasteiger partial charge < -0.3 is 19.9 Å². The summed E-state index contributed by atoms with van der Waals surface area (Å²) in [5, 5.41) is 4.78. The number of fused-ring (bicyclic) bond motifs is 2. The lowest BCUT2D eigenvalue weighted by molar-refractivity contribution is 0.0926. The minimum Gasteiger partial charge on any atom is -0.378 e. The fourth-order valence-electron chi connectivity index (χ4n) is 5.95. The summed E-state index contributed by atoms with van der Waals surface area (Å²) in [5.74, 6) is 1.29. The zero-order chi connectivity index (χ0) is 21.5. The molecule has 31 heavy (non-hydrogen) atoms. The number of urea groups is 1. The first kappa shape index (κ1) is 20.8. The minimum absolute atomic E-state index is 0.0820. The largest absolute Gasteiger partial charge is 0.378 e. The number of piperidine rings is 1. The van der Waals surface area contributed by atoms with Gasteiger partial charge in [-0.25, -0.2) is 4.79 Å². The number of aromatic nitrogens is 1. The second-order valence-corrected chi connectivity index (χ2v) is 9.61. The van der Waals surface area contributed by atoms with Gasteiger partial charge in [-0.3, -0.25) is 4.90 Å². The monoisotopic (exact) mass is 424 g/mol. The van der Waals surface area contributed by atoms with Crippen LogP contribution < -0.4 is 5.32 Å². The third-order valence-corrected chi connectivity index (χ3v) is 7.64. The molecule has 2 aliphatic carbocycles. The first-order valence-corrected chi connectivity index (χ1v) is 12.0. The Bertz CT molecular complexity index is 946. The van der Waals surface area contributed by atoms with Crippen LogP contribution in [0.2, 0.25) is 0 Å². The number of carbonyl (C=O) groups excluding carboxylic acids is 1. The van der Waals surface area contributed by atoms with Crippen molar-refractivity contribution in [3.05, 3.63) is 35.0 Å². The van der Waals surface area contributed by atoms with Crippen molar-refractivity contribution in [1.29, 1.82) is 0 Å². The number of carbonyl (C=O) groups is 1. The van der Waals surface area contributed by atoms with Crippen LogP contribution in [0.3, 0.4) is 0 Å². The van der Waals surface area contributed by atoms with Gasteiger partial charge in [0.05, 0.1) is 6.61 Å². The molecule has 3 aliphatic rings. The van der Waals surface area contributed by atoms with Crippen molar-refractivity contribution in [1.82, 2.24) is 20.1 Å². The number of hydrogen-bond donors (Lipinski definition) is 2. The van der Waals surface area contributed by atoms with Crippen LogP contribution >= 0.6 is 0 Å². The van der Waals surface area contributed by atoms with Gasteiger partial charge in [-0.1, -0.05) is 12.1 Å². The smallest absolute Gasteiger partial charge is 0.317 e. The van der Waals surface area contributed by atoms with Crippen molar-refractivity contribution < 1.29 is 9.53 Å². The highest BCUT2D eigenvalue weighted by Crippen LogP contribution is 2.45. The van der Waals surface area contributed by atoms with E-state index in [0.717, 1.165) is 44.9 Å². The molecule has 0 radical (unpaired) electrons. The van der Waals surface area contributed by atoms with E-state index in [9.17, 15) is 4.79 Å². The highest BCUT2D eigenvalue weighted by atomic mass is 16.5. The van der Waals surface area contributed by atoms with E-state index in [-0.39, 0.29) is 12.1 Å². The lowest BCUT2D eigenvalue weighted by Crippen LogP contribution is -2.58. The third kappa shape index (κ3) is 3.85. The van der Waals surface area contributed by atoms with Crippen molar-refractivity contribution in [3.63, 3.8) is 0 Å². The molecule has 3 atom stereocenters. The predicted molar refractivity (Wildman–Crippen MR) is 123 cm³/mol. The molecule has 1 saturated carbocycles. The molecule has 1 unspecified atom stereocenters. The predicted octanol–water partition coefficient (Wildman–Crippen LogP) is 3.86. The molecule has 1 saturated heterocycles. The van der Waals surface area contributed by atoms with Crippen molar-refractivity contribution in [2.24, 2.45) is 5.92 Å². The standard InChI is InChI=1S/C25H36N4O2/c1-4-28(5-2)25(30)26-17-11-19-18-7-6-8-21-24(18)20(22(27-21)15-31-3)12-23(19)29(14-17)13-16-9-10-16/h6-8,16-17,19,23,27H,4-5,9-15H2,1-3H3,(H,26,30)/t17-,19?,23+/m0/s1. The number of H-pyrrole nitrogens is 1. The number of nitrogens with one attached hydrogen (secondary N) is 2. The Morgan fingerprint density at radius 1 is 1.29 bits per heavy atom. The van der Waals surface area contributed by atoms with E-state index >= 15 is 0 Å². The highest BCUT2D eigenvalue weighted by molar-refractivity contribution is 5.89. The molecule has 6 heteroatoms. The van der Waals surface area contributed by atoms with Crippen LogP contribution in [0, 0.1) is 5.92 Å². The molecule has 2 fully saturated rings. The summed E-state index contributed by atoms with van der Waals surface area (Å²) >= 11 is 0. The molecule has 5 rings (SSSR count). The number of ether oxygens (including phenoxy) is 1. The summed E-state index contributed by atoms with van der Waals surface area (Å²) in [4.78, 5) is 21.0. The lowest BCUT2D eigenvalue weighted by Gasteiger charge is -2.47. The van der Waals surface area contributed by atoms with Crippen molar-refractivity contribution in [3.8, 4) is 0 Å². The quantitative estimate of drug-likeness (QED) is 0.710. The minimum atomic E-state index is 0.0820. The second-order valence-electron chi connectivity index (χ2n) is 9.61. The van der Waals surface area contributed by atoms with Gasteiger partial charge in [0.15, 0.2) is 0 Å². The lowest BCUT2D eigenvalue weighted by atomic mass is 9.73. The highest BCUT2D eigenvalue weighted by Gasteiger charge is 2.43. The fourth-order valence-corrected chi connectivity index (χ4v) is 5.95. The number of amides is 2. The van der Waals surface area contributed by atoms with Crippen molar-refractivity contribution in [2.75, 3.05) is 33.3 Å². The van der Waals surface area contributed by atoms with E-state index in [4.69, 9.17) is 4.74 Å². The topological polar surface area (TPSA) is 60.6 Å². The molecule has 2 aromatic rings. The Kier molecular flexibility index (Phi) is 5.69. The van der Waals surface area contributed by atoms with Crippen LogP contribution in [0.4, 0.5) is 4.79 Å². The van der Waals surface area contributed by atoms with Crippen LogP contribution in [0.5, 0.6) is 0 Å². The number of methoxy groups -OCH3 is 1. The maximum atomic E-state index is 12.8. The molecule has 1 aliphatic heterocycles. The summed E-state index contributed by atoms with van der Waals surface area (Å²) in [6.07, 6.45) is 4.79. The number of hydrogen-bond acceptors (Lipinski definition) is 3. The second kappa shape index (κ2) is 8.47. The Labute approximate surface area is 185 Å². The zero-order valence-electron chi connectivity index (χ0n) is 19.1. The number of rotatable bonds is 7. The van der Waals surface area contributed by atoms with E-state index in [1.54, 1.807) is 7.11 Å². The molecule has 2 N–H and O–H groups in total. The number of nitrogens with zero attached hydrogens (tertiary/aromatic N) is 2. The third-order valence-electron chi connectivity index (χ3n) is 7.64. The first-order valence-electron chi connectivity index (χ1n) is 12.0. The molecule has 2 heterocycles. The van der Waals surface area contributed by atoms with Gasteiger partial charge in [0, 0.05) is 67.9 Å². The van der Waals surface area contributed by atoms with Gasteiger partial charge in [-0.15, -0.1) is 0 Å². The van der Waals surface area contributed by atoms with Gasteiger partial charge in [-0.05, 0) is 62.6 Å². The molecule has 168 valence electrons. The first-order chi connectivity index (χ1) is 15.1. The number of aromatic amines is 1. The van der Waals surface area contributed by atoms with E-state index in [2.05, 4.69) is 33.4 Å².